The SMILES string of the molecule is CC(C)C(=O)Nc1ccc(CNC(=O)CC(c2ccccc2)c2ccccc2)cc1. The second-order valence-electron chi connectivity index (χ2n) is 7.70. The Morgan fingerprint density at radius 1 is 0.767 bits per heavy atom. The van der Waals surface area contributed by atoms with Crippen LogP contribution in [0.5, 0.6) is 0 Å². The van der Waals surface area contributed by atoms with Crippen molar-refractivity contribution < 1.29 is 9.59 Å². The first-order valence-corrected chi connectivity index (χ1v) is 10.3. The monoisotopic (exact) mass is 400 g/mol. The summed E-state index contributed by atoms with van der Waals surface area (Å²) in [6.07, 6.45) is 0.385. The minimum atomic E-state index is -0.0638. The highest BCUT2D eigenvalue weighted by molar-refractivity contribution is 5.92. The maximum Gasteiger partial charge on any atom is 0.226 e. The highest BCUT2D eigenvalue weighted by Gasteiger charge is 2.18. The molecule has 30 heavy (non-hydrogen) atoms. The molecule has 0 aliphatic rings. The van der Waals surface area contributed by atoms with Gasteiger partial charge in [-0.05, 0) is 28.8 Å². The standard InChI is InChI=1S/C26H28N2O2/c1-19(2)26(30)28-23-15-13-20(14-16-23)18-27-25(29)17-24(21-9-5-3-6-10-21)22-11-7-4-8-12-22/h3-16,19,24H,17-18H2,1-2H3,(H,27,29)(H,28,30). The number of hydrogen-bond donors (Lipinski definition) is 2. The maximum absolute atomic E-state index is 12.7. The number of carbonyl (C=O) groups excluding carboxylic acids is 2. The van der Waals surface area contributed by atoms with E-state index < -0.39 is 0 Å². The second kappa shape index (κ2) is 10.4. The summed E-state index contributed by atoms with van der Waals surface area (Å²) in [6, 6.07) is 27.8. The van der Waals surface area contributed by atoms with E-state index in [2.05, 4.69) is 34.9 Å². The van der Waals surface area contributed by atoms with Crippen molar-refractivity contribution in [3.63, 3.8) is 0 Å². The molecule has 0 saturated carbocycles. The van der Waals surface area contributed by atoms with Crippen molar-refractivity contribution in [2.45, 2.75) is 32.7 Å². The van der Waals surface area contributed by atoms with Crippen LogP contribution in [0.1, 0.15) is 42.9 Å². The zero-order valence-electron chi connectivity index (χ0n) is 17.5. The first kappa shape index (κ1) is 21.3. The average Bonchev–Trinajstić information content (AvgIpc) is 2.78. The molecule has 0 unspecified atom stereocenters. The van der Waals surface area contributed by atoms with Crippen molar-refractivity contribution in [1.82, 2.24) is 5.32 Å². The highest BCUT2D eigenvalue weighted by atomic mass is 16.2. The first-order chi connectivity index (χ1) is 14.5. The van der Waals surface area contributed by atoms with E-state index in [9.17, 15) is 9.59 Å². The zero-order valence-corrected chi connectivity index (χ0v) is 17.5. The van der Waals surface area contributed by atoms with Crippen LogP contribution in [0.15, 0.2) is 84.9 Å². The molecule has 0 fully saturated rings. The van der Waals surface area contributed by atoms with Gasteiger partial charge in [-0.25, -0.2) is 0 Å². The van der Waals surface area contributed by atoms with Gasteiger partial charge in [-0.3, -0.25) is 9.59 Å². The number of benzene rings is 3. The Hall–Kier alpha value is -3.40. The molecule has 0 bridgehead atoms. The van der Waals surface area contributed by atoms with Crippen molar-refractivity contribution in [3.8, 4) is 0 Å². The molecule has 0 spiro atoms. The van der Waals surface area contributed by atoms with Crippen molar-refractivity contribution in [2.75, 3.05) is 5.32 Å². The van der Waals surface area contributed by atoms with Gasteiger partial charge in [0.25, 0.3) is 0 Å². The van der Waals surface area contributed by atoms with E-state index in [4.69, 9.17) is 0 Å². The Kier molecular flexibility index (Phi) is 7.39. The van der Waals surface area contributed by atoms with Gasteiger partial charge in [-0.15, -0.1) is 0 Å². The molecule has 3 aromatic carbocycles. The Balaban J connectivity index is 1.60. The van der Waals surface area contributed by atoms with E-state index >= 15 is 0 Å². The summed E-state index contributed by atoms with van der Waals surface area (Å²) in [6.45, 7) is 4.17. The lowest BCUT2D eigenvalue weighted by atomic mass is 9.88. The highest BCUT2D eigenvalue weighted by Crippen LogP contribution is 2.27. The number of nitrogens with one attached hydrogen (secondary N) is 2. The van der Waals surface area contributed by atoms with Crippen LogP contribution in [0.3, 0.4) is 0 Å². The van der Waals surface area contributed by atoms with Gasteiger partial charge in [0.1, 0.15) is 0 Å². The van der Waals surface area contributed by atoms with Crippen molar-refractivity contribution in [1.29, 1.82) is 0 Å². The third-order valence-corrected chi connectivity index (χ3v) is 5.03. The fourth-order valence-corrected chi connectivity index (χ4v) is 3.25. The van der Waals surface area contributed by atoms with Crippen LogP contribution < -0.4 is 10.6 Å². The Bertz CT molecular complexity index is 912. The summed E-state index contributed by atoms with van der Waals surface area (Å²) in [5.41, 5.74) is 4.01. The summed E-state index contributed by atoms with van der Waals surface area (Å²) >= 11 is 0. The molecule has 2 N–H and O–H groups in total. The normalized spacial score (nSPS) is 10.8. The van der Waals surface area contributed by atoms with Crippen LogP contribution in [-0.2, 0) is 16.1 Å². The van der Waals surface area contributed by atoms with Crippen LogP contribution in [0.25, 0.3) is 0 Å². The van der Waals surface area contributed by atoms with E-state index in [1.807, 2.05) is 74.5 Å². The molecule has 0 radical (unpaired) electrons. The van der Waals surface area contributed by atoms with Crippen molar-refractivity contribution >= 4 is 17.5 Å². The summed E-state index contributed by atoms with van der Waals surface area (Å²) in [7, 11) is 0. The average molecular weight is 401 g/mol. The van der Waals surface area contributed by atoms with Gasteiger partial charge < -0.3 is 10.6 Å². The van der Waals surface area contributed by atoms with Gasteiger partial charge in [0.15, 0.2) is 0 Å². The summed E-state index contributed by atoms with van der Waals surface area (Å²) in [4.78, 5) is 24.5. The lowest BCUT2D eigenvalue weighted by molar-refractivity contribution is -0.121. The quantitative estimate of drug-likeness (QED) is 0.551. The number of hydrogen-bond acceptors (Lipinski definition) is 2. The largest absolute Gasteiger partial charge is 0.352 e. The lowest BCUT2D eigenvalue weighted by Crippen LogP contribution is -2.25. The van der Waals surface area contributed by atoms with Gasteiger partial charge in [0.05, 0.1) is 0 Å². The third kappa shape index (κ3) is 6.05. The Morgan fingerprint density at radius 2 is 1.30 bits per heavy atom. The zero-order chi connectivity index (χ0) is 21.3. The molecule has 0 saturated heterocycles. The van der Waals surface area contributed by atoms with Crippen LogP contribution in [0, 0.1) is 5.92 Å². The molecule has 2 amide bonds. The predicted molar refractivity (Wildman–Crippen MR) is 121 cm³/mol. The van der Waals surface area contributed by atoms with Crippen molar-refractivity contribution in [3.05, 3.63) is 102 Å². The minimum absolute atomic E-state index is 0.00453. The molecule has 0 atom stereocenters. The predicted octanol–water partition coefficient (Wildman–Crippen LogP) is 5.12. The Labute approximate surface area is 178 Å². The smallest absolute Gasteiger partial charge is 0.226 e. The molecule has 0 aromatic heterocycles. The minimum Gasteiger partial charge on any atom is -0.352 e. The fourth-order valence-electron chi connectivity index (χ4n) is 3.25. The molecule has 0 aliphatic heterocycles. The van der Waals surface area contributed by atoms with E-state index in [1.165, 1.54) is 0 Å². The number of anilines is 1. The number of rotatable bonds is 8. The van der Waals surface area contributed by atoms with Gasteiger partial charge in [0.2, 0.25) is 11.8 Å². The Morgan fingerprint density at radius 3 is 1.80 bits per heavy atom. The van der Waals surface area contributed by atoms with E-state index in [-0.39, 0.29) is 23.7 Å². The molecule has 3 aromatic rings. The summed E-state index contributed by atoms with van der Waals surface area (Å²) in [5.74, 6) is -0.0547. The summed E-state index contributed by atoms with van der Waals surface area (Å²) in [5, 5.41) is 5.89. The van der Waals surface area contributed by atoms with E-state index in [1.54, 1.807) is 0 Å². The van der Waals surface area contributed by atoms with Crippen LogP contribution in [0.2, 0.25) is 0 Å². The molecule has 0 aliphatic carbocycles. The molecule has 4 heteroatoms. The first-order valence-electron chi connectivity index (χ1n) is 10.3. The number of carbonyl (C=O) groups is 2. The number of amides is 2. The van der Waals surface area contributed by atoms with E-state index in [0.29, 0.717) is 13.0 Å². The van der Waals surface area contributed by atoms with Gasteiger partial charge in [-0.1, -0.05) is 86.6 Å². The summed E-state index contributed by atoms with van der Waals surface area (Å²) < 4.78 is 0. The molecule has 4 nitrogen and oxygen atoms in total. The second-order valence-corrected chi connectivity index (χ2v) is 7.70. The van der Waals surface area contributed by atoms with Gasteiger partial charge in [0, 0.05) is 30.5 Å². The molecular weight excluding hydrogens is 372 g/mol. The van der Waals surface area contributed by atoms with E-state index in [0.717, 1.165) is 22.4 Å². The third-order valence-electron chi connectivity index (χ3n) is 5.03. The maximum atomic E-state index is 12.7. The molecule has 0 heterocycles. The van der Waals surface area contributed by atoms with Crippen LogP contribution in [-0.4, -0.2) is 11.8 Å². The topological polar surface area (TPSA) is 58.2 Å². The van der Waals surface area contributed by atoms with Crippen LogP contribution in [0.4, 0.5) is 5.69 Å². The van der Waals surface area contributed by atoms with Gasteiger partial charge in [-0.2, -0.15) is 0 Å². The van der Waals surface area contributed by atoms with Crippen molar-refractivity contribution in [2.24, 2.45) is 5.92 Å². The fraction of sp³-hybridized carbons (Fsp3) is 0.231. The molecule has 3 rings (SSSR count). The molecular formula is C26H28N2O2. The molecule has 154 valence electrons. The lowest BCUT2D eigenvalue weighted by Gasteiger charge is -2.18. The van der Waals surface area contributed by atoms with Gasteiger partial charge >= 0.3 is 0 Å². The van der Waals surface area contributed by atoms with Crippen LogP contribution >= 0.6 is 0 Å².